The zero-order valence-corrected chi connectivity index (χ0v) is 13.4. The summed E-state index contributed by atoms with van der Waals surface area (Å²) in [6, 6.07) is 13.7. The van der Waals surface area contributed by atoms with Crippen molar-refractivity contribution in [3.05, 3.63) is 64.2 Å². The van der Waals surface area contributed by atoms with E-state index in [1.54, 1.807) is 7.11 Å². The van der Waals surface area contributed by atoms with Gasteiger partial charge in [0.05, 0.1) is 12.7 Å². The third kappa shape index (κ3) is 4.48. The van der Waals surface area contributed by atoms with E-state index >= 15 is 0 Å². The lowest BCUT2D eigenvalue weighted by Gasteiger charge is -2.24. The summed E-state index contributed by atoms with van der Waals surface area (Å²) in [5.41, 5.74) is 2.33. The highest BCUT2D eigenvalue weighted by Crippen LogP contribution is 2.25. The summed E-state index contributed by atoms with van der Waals surface area (Å²) in [6.45, 7) is 3.85. The van der Waals surface area contributed by atoms with E-state index < -0.39 is 5.60 Å². The van der Waals surface area contributed by atoms with Gasteiger partial charge in [0.25, 0.3) is 0 Å². The van der Waals surface area contributed by atoms with Gasteiger partial charge < -0.3 is 9.84 Å². The lowest BCUT2D eigenvalue weighted by molar-refractivity contribution is 0.0608. The fourth-order valence-corrected chi connectivity index (χ4v) is 2.75. The summed E-state index contributed by atoms with van der Waals surface area (Å²) < 4.78 is 5.14. The molecule has 21 heavy (non-hydrogen) atoms. The van der Waals surface area contributed by atoms with Gasteiger partial charge in [0, 0.05) is 17.9 Å². The molecule has 0 aliphatic heterocycles. The van der Waals surface area contributed by atoms with Gasteiger partial charge in [0.2, 0.25) is 0 Å². The van der Waals surface area contributed by atoms with Crippen molar-refractivity contribution in [3.63, 3.8) is 0 Å². The molecule has 0 radical (unpaired) electrons. The van der Waals surface area contributed by atoms with E-state index in [4.69, 9.17) is 16.3 Å². The quantitative estimate of drug-likeness (QED) is 0.897. The van der Waals surface area contributed by atoms with Gasteiger partial charge in [-0.3, -0.25) is 0 Å². The molecule has 0 spiro atoms. The van der Waals surface area contributed by atoms with Crippen LogP contribution in [0.3, 0.4) is 0 Å². The third-order valence-corrected chi connectivity index (χ3v) is 3.88. The highest BCUT2D eigenvalue weighted by molar-refractivity contribution is 6.31. The number of hydrogen-bond donors (Lipinski definition) is 1. The lowest BCUT2D eigenvalue weighted by Crippen LogP contribution is -2.30. The van der Waals surface area contributed by atoms with E-state index in [0.29, 0.717) is 17.9 Å². The minimum Gasteiger partial charge on any atom is -0.497 e. The molecule has 0 amide bonds. The second-order valence-electron chi connectivity index (χ2n) is 5.79. The van der Waals surface area contributed by atoms with Crippen molar-refractivity contribution in [2.75, 3.05) is 7.11 Å². The standard InChI is InChI=1S/C18H21ClO2/c1-13-4-7-15(17(19)10-13)12-18(2,20)11-14-5-8-16(21-3)9-6-14/h4-10,20H,11-12H2,1-3H3. The van der Waals surface area contributed by atoms with E-state index in [1.165, 1.54) is 0 Å². The van der Waals surface area contributed by atoms with Crippen LogP contribution in [-0.2, 0) is 12.8 Å². The maximum absolute atomic E-state index is 10.7. The van der Waals surface area contributed by atoms with Crippen LogP contribution >= 0.6 is 11.6 Å². The monoisotopic (exact) mass is 304 g/mol. The summed E-state index contributed by atoms with van der Waals surface area (Å²) >= 11 is 6.25. The van der Waals surface area contributed by atoms with Crippen molar-refractivity contribution in [2.45, 2.75) is 32.3 Å². The summed E-state index contributed by atoms with van der Waals surface area (Å²) in [7, 11) is 1.64. The predicted molar refractivity (Wildman–Crippen MR) is 87.2 cm³/mol. The minimum atomic E-state index is -0.840. The Morgan fingerprint density at radius 1 is 1.10 bits per heavy atom. The van der Waals surface area contributed by atoms with E-state index in [1.807, 2.05) is 56.3 Å². The van der Waals surface area contributed by atoms with Crippen LogP contribution in [0, 0.1) is 6.92 Å². The van der Waals surface area contributed by atoms with Crippen molar-refractivity contribution in [1.82, 2.24) is 0 Å². The van der Waals surface area contributed by atoms with Crippen LogP contribution in [0.5, 0.6) is 5.75 Å². The van der Waals surface area contributed by atoms with Crippen molar-refractivity contribution in [2.24, 2.45) is 0 Å². The molecular formula is C18H21ClO2. The predicted octanol–water partition coefficient (Wildman–Crippen LogP) is 4.19. The van der Waals surface area contributed by atoms with Crippen molar-refractivity contribution in [1.29, 1.82) is 0 Å². The Labute approximate surface area is 131 Å². The Bertz CT molecular complexity index is 603. The molecule has 0 saturated carbocycles. The van der Waals surface area contributed by atoms with Gasteiger partial charge in [-0.05, 0) is 48.7 Å². The highest BCUT2D eigenvalue weighted by Gasteiger charge is 2.22. The van der Waals surface area contributed by atoms with Crippen molar-refractivity contribution >= 4 is 11.6 Å². The number of rotatable bonds is 5. The number of benzene rings is 2. The smallest absolute Gasteiger partial charge is 0.118 e. The van der Waals surface area contributed by atoms with Gasteiger partial charge in [0.15, 0.2) is 0 Å². The maximum Gasteiger partial charge on any atom is 0.118 e. The maximum atomic E-state index is 10.7. The lowest BCUT2D eigenvalue weighted by atomic mass is 9.89. The van der Waals surface area contributed by atoms with Crippen LogP contribution in [0.1, 0.15) is 23.6 Å². The largest absolute Gasteiger partial charge is 0.497 e. The summed E-state index contributed by atoms with van der Waals surface area (Å²) in [5.74, 6) is 0.819. The van der Waals surface area contributed by atoms with Crippen LogP contribution in [0.25, 0.3) is 0 Å². The van der Waals surface area contributed by atoms with Gasteiger partial charge in [-0.2, -0.15) is 0 Å². The average Bonchev–Trinajstić information content (AvgIpc) is 2.42. The first-order valence-electron chi connectivity index (χ1n) is 7.00. The fraction of sp³-hybridized carbons (Fsp3) is 0.333. The van der Waals surface area contributed by atoms with Gasteiger partial charge in [-0.1, -0.05) is 35.9 Å². The number of halogens is 1. The molecule has 2 rings (SSSR count). The second-order valence-corrected chi connectivity index (χ2v) is 6.20. The molecule has 2 nitrogen and oxygen atoms in total. The topological polar surface area (TPSA) is 29.5 Å². The third-order valence-electron chi connectivity index (χ3n) is 3.52. The first-order valence-corrected chi connectivity index (χ1v) is 7.38. The highest BCUT2D eigenvalue weighted by atomic mass is 35.5. The molecule has 1 N–H and O–H groups in total. The second kappa shape index (κ2) is 6.50. The molecule has 0 aliphatic carbocycles. The van der Waals surface area contributed by atoms with Crippen LogP contribution in [0.4, 0.5) is 0 Å². The fourth-order valence-electron chi connectivity index (χ4n) is 2.45. The SMILES string of the molecule is COc1ccc(CC(C)(O)Cc2ccc(C)cc2Cl)cc1. The average molecular weight is 305 g/mol. The van der Waals surface area contributed by atoms with Gasteiger partial charge in [0.1, 0.15) is 5.75 Å². The molecule has 2 aromatic rings. The van der Waals surface area contributed by atoms with Gasteiger partial charge >= 0.3 is 0 Å². The van der Waals surface area contributed by atoms with Gasteiger partial charge in [-0.15, -0.1) is 0 Å². The van der Waals surface area contributed by atoms with Crippen LogP contribution in [0.15, 0.2) is 42.5 Å². The number of aryl methyl sites for hydroxylation is 1. The molecule has 0 bridgehead atoms. The number of hydrogen-bond acceptors (Lipinski definition) is 2. The van der Waals surface area contributed by atoms with Crippen LogP contribution < -0.4 is 4.74 Å². The zero-order valence-electron chi connectivity index (χ0n) is 12.7. The summed E-state index contributed by atoms with van der Waals surface area (Å²) in [5, 5.41) is 11.4. The Morgan fingerprint density at radius 2 is 1.76 bits per heavy atom. The Balaban J connectivity index is 2.10. The zero-order chi connectivity index (χ0) is 15.5. The molecule has 0 aliphatic rings. The van der Waals surface area contributed by atoms with E-state index in [2.05, 4.69) is 0 Å². The van der Waals surface area contributed by atoms with E-state index in [9.17, 15) is 5.11 Å². The molecule has 0 aromatic heterocycles. The van der Waals surface area contributed by atoms with E-state index in [0.717, 1.165) is 22.4 Å². The molecule has 0 saturated heterocycles. The first-order chi connectivity index (χ1) is 9.89. The van der Waals surface area contributed by atoms with Gasteiger partial charge in [-0.25, -0.2) is 0 Å². The molecular weight excluding hydrogens is 284 g/mol. The number of methoxy groups -OCH3 is 1. The summed E-state index contributed by atoms with van der Waals surface area (Å²) in [4.78, 5) is 0. The van der Waals surface area contributed by atoms with Crippen LogP contribution in [-0.4, -0.2) is 17.8 Å². The molecule has 0 fully saturated rings. The number of ether oxygens (including phenoxy) is 1. The Hall–Kier alpha value is -1.51. The molecule has 1 unspecified atom stereocenters. The Morgan fingerprint density at radius 3 is 2.33 bits per heavy atom. The Kier molecular flexibility index (Phi) is 4.92. The molecule has 3 heteroatoms. The van der Waals surface area contributed by atoms with E-state index in [-0.39, 0.29) is 0 Å². The minimum absolute atomic E-state index is 0.526. The number of aliphatic hydroxyl groups is 1. The molecule has 2 aromatic carbocycles. The molecule has 112 valence electrons. The van der Waals surface area contributed by atoms with Crippen molar-refractivity contribution in [3.8, 4) is 5.75 Å². The van der Waals surface area contributed by atoms with Crippen molar-refractivity contribution < 1.29 is 9.84 Å². The first kappa shape index (κ1) is 15.9. The van der Waals surface area contributed by atoms with Crippen LogP contribution in [0.2, 0.25) is 5.02 Å². The molecule has 1 atom stereocenters. The normalized spacial score (nSPS) is 13.8. The molecule has 0 heterocycles. The summed E-state index contributed by atoms with van der Waals surface area (Å²) in [6.07, 6.45) is 1.10.